The molecule has 6 heteroatoms. The van der Waals surface area contributed by atoms with Crippen molar-refractivity contribution in [2.24, 2.45) is 0 Å². The lowest BCUT2D eigenvalue weighted by Gasteiger charge is -2.24. The van der Waals surface area contributed by atoms with Gasteiger partial charge in [-0.25, -0.2) is 4.79 Å². The lowest BCUT2D eigenvalue weighted by molar-refractivity contribution is 0.0385. The molecule has 0 aliphatic heterocycles. The molecule has 0 radical (unpaired) electrons. The van der Waals surface area contributed by atoms with Crippen LogP contribution in [0.25, 0.3) is 0 Å². The Hall–Kier alpha value is -1.94. The van der Waals surface area contributed by atoms with Crippen LogP contribution < -0.4 is 0 Å². The van der Waals surface area contributed by atoms with Crippen LogP contribution >= 0.6 is 7.60 Å². The molecule has 23 heavy (non-hydrogen) atoms. The molecule has 122 valence electrons. The molecule has 0 N–H and O–H groups in total. The van der Waals surface area contributed by atoms with E-state index in [1.54, 1.807) is 30.3 Å². The number of benzene rings is 2. The second-order valence-corrected chi connectivity index (χ2v) is 7.21. The number of carbonyl (C=O) groups excluding carboxylic acids is 1. The first-order chi connectivity index (χ1) is 11.1. The Balaban J connectivity index is 2.23. The van der Waals surface area contributed by atoms with E-state index in [9.17, 15) is 9.36 Å². The van der Waals surface area contributed by atoms with Gasteiger partial charge in [-0.2, -0.15) is 0 Å². The summed E-state index contributed by atoms with van der Waals surface area (Å²) in [6.45, 7) is 0. The van der Waals surface area contributed by atoms with Crippen molar-refractivity contribution in [1.82, 2.24) is 0 Å². The maximum Gasteiger partial charge on any atom is 0.370 e. The van der Waals surface area contributed by atoms with Gasteiger partial charge < -0.3 is 13.8 Å². The molecule has 1 atom stereocenters. The van der Waals surface area contributed by atoms with E-state index >= 15 is 0 Å². The van der Waals surface area contributed by atoms with Crippen LogP contribution in [0.5, 0.6) is 0 Å². The van der Waals surface area contributed by atoms with Crippen LogP contribution in [0.1, 0.15) is 15.9 Å². The van der Waals surface area contributed by atoms with Crippen molar-refractivity contribution in [2.45, 2.75) is 12.3 Å². The average Bonchev–Trinajstić information content (AvgIpc) is 2.62. The van der Waals surface area contributed by atoms with Crippen molar-refractivity contribution in [3.8, 4) is 0 Å². The Bertz CT molecular complexity index is 664. The number of hydrogen-bond donors (Lipinski definition) is 0. The second-order valence-electron chi connectivity index (χ2n) is 4.82. The summed E-state index contributed by atoms with van der Waals surface area (Å²) in [6, 6.07) is 17.8. The molecule has 2 rings (SSSR count). The fourth-order valence-corrected chi connectivity index (χ4v) is 3.39. The van der Waals surface area contributed by atoms with Gasteiger partial charge in [-0.15, -0.1) is 0 Å². The summed E-state index contributed by atoms with van der Waals surface area (Å²) in [5, 5.41) is 0. The summed E-state index contributed by atoms with van der Waals surface area (Å²) in [5.41, 5.74) is 1.25. The number of hydrogen-bond acceptors (Lipinski definition) is 5. The molecule has 0 aromatic heterocycles. The highest BCUT2D eigenvalue weighted by molar-refractivity contribution is 7.54. The molecule has 2 aromatic rings. The second kappa shape index (κ2) is 8.06. The molecule has 0 amide bonds. The molecule has 0 aliphatic rings. The summed E-state index contributed by atoms with van der Waals surface area (Å²) in [4.78, 5) is 12.3. The van der Waals surface area contributed by atoms with Crippen LogP contribution in [0.4, 0.5) is 0 Å². The van der Waals surface area contributed by atoms with Crippen LogP contribution in [-0.4, -0.2) is 26.0 Å². The van der Waals surface area contributed by atoms with Crippen molar-refractivity contribution < 1.29 is 23.1 Å². The molecular weight excluding hydrogens is 315 g/mol. The minimum Gasteiger partial charge on any atom is -0.445 e. The lowest BCUT2D eigenvalue weighted by Crippen LogP contribution is -2.22. The van der Waals surface area contributed by atoms with Gasteiger partial charge in [-0.05, 0) is 17.7 Å². The molecule has 0 bridgehead atoms. The molecule has 2 aromatic carbocycles. The van der Waals surface area contributed by atoms with Crippen LogP contribution in [0.2, 0.25) is 0 Å². The quantitative estimate of drug-likeness (QED) is 0.568. The van der Waals surface area contributed by atoms with Crippen molar-refractivity contribution in [1.29, 1.82) is 0 Å². The lowest BCUT2D eigenvalue weighted by atomic mass is 10.2. The fourth-order valence-electron chi connectivity index (χ4n) is 2.11. The smallest absolute Gasteiger partial charge is 0.370 e. The van der Waals surface area contributed by atoms with Crippen LogP contribution in [0, 0.1) is 0 Å². The third kappa shape index (κ3) is 4.52. The zero-order chi connectivity index (χ0) is 16.7. The van der Waals surface area contributed by atoms with Crippen molar-refractivity contribution in [3.63, 3.8) is 0 Å². The number of ether oxygens (including phenoxy) is 1. The number of carbonyl (C=O) groups is 1. The van der Waals surface area contributed by atoms with Crippen molar-refractivity contribution in [3.05, 3.63) is 71.8 Å². The molecule has 0 aliphatic carbocycles. The molecule has 0 heterocycles. The van der Waals surface area contributed by atoms with E-state index in [2.05, 4.69) is 0 Å². The van der Waals surface area contributed by atoms with Gasteiger partial charge in [0.2, 0.25) is 5.85 Å². The summed E-state index contributed by atoms with van der Waals surface area (Å²) in [7, 11) is -1.02. The molecule has 0 unspecified atom stereocenters. The molecule has 0 fully saturated rings. The maximum absolute atomic E-state index is 12.7. The van der Waals surface area contributed by atoms with Crippen LogP contribution in [0.15, 0.2) is 60.7 Å². The molecular formula is C17H19O5P. The van der Waals surface area contributed by atoms with Crippen LogP contribution in [-0.2, 0) is 24.8 Å². The zero-order valence-electron chi connectivity index (χ0n) is 13.0. The zero-order valence-corrected chi connectivity index (χ0v) is 13.9. The Kier molecular flexibility index (Phi) is 6.11. The first-order valence-electron chi connectivity index (χ1n) is 7.10. The Morgan fingerprint density at radius 2 is 1.48 bits per heavy atom. The SMILES string of the molecule is COP(=O)(OC)[C@H](Cc1ccccc1)OC(=O)c1ccccc1. The Morgan fingerprint density at radius 1 is 0.957 bits per heavy atom. The molecule has 0 saturated heterocycles. The summed E-state index contributed by atoms with van der Waals surface area (Å²) in [5.74, 6) is -1.59. The third-order valence-corrected chi connectivity index (χ3v) is 5.38. The van der Waals surface area contributed by atoms with E-state index in [-0.39, 0.29) is 6.42 Å². The minimum absolute atomic E-state index is 0.234. The first kappa shape index (κ1) is 17.4. The topological polar surface area (TPSA) is 61.8 Å². The number of esters is 1. The first-order valence-corrected chi connectivity index (χ1v) is 8.71. The monoisotopic (exact) mass is 334 g/mol. The molecule has 0 saturated carbocycles. The average molecular weight is 334 g/mol. The predicted molar refractivity (Wildman–Crippen MR) is 87.4 cm³/mol. The van der Waals surface area contributed by atoms with Gasteiger partial charge in [0.1, 0.15) is 0 Å². The largest absolute Gasteiger partial charge is 0.445 e. The molecule has 5 nitrogen and oxygen atoms in total. The van der Waals surface area contributed by atoms with Crippen molar-refractivity contribution in [2.75, 3.05) is 14.2 Å². The van der Waals surface area contributed by atoms with Gasteiger partial charge in [-0.1, -0.05) is 48.5 Å². The van der Waals surface area contributed by atoms with Gasteiger partial charge in [-0.3, -0.25) is 4.57 Å². The van der Waals surface area contributed by atoms with Gasteiger partial charge in [0.25, 0.3) is 0 Å². The van der Waals surface area contributed by atoms with E-state index in [0.29, 0.717) is 5.56 Å². The highest BCUT2D eigenvalue weighted by Crippen LogP contribution is 2.53. The van der Waals surface area contributed by atoms with E-state index in [0.717, 1.165) is 5.56 Å². The van der Waals surface area contributed by atoms with Gasteiger partial charge in [0, 0.05) is 20.6 Å². The highest BCUT2D eigenvalue weighted by Gasteiger charge is 2.37. The standard InChI is InChI=1S/C17H19O5P/c1-20-23(19,21-2)16(13-14-9-5-3-6-10-14)22-17(18)15-11-7-4-8-12-15/h3-12,16H,13H2,1-2H3/t16-/m1/s1. The van der Waals surface area contributed by atoms with E-state index in [1.165, 1.54) is 14.2 Å². The van der Waals surface area contributed by atoms with Gasteiger partial charge in [0.05, 0.1) is 5.56 Å². The van der Waals surface area contributed by atoms with Gasteiger partial charge >= 0.3 is 13.6 Å². The normalized spacial score (nSPS) is 12.6. The maximum atomic E-state index is 12.7. The predicted octanol–water partition coefficient (Wildman–Crippen LogP) is 3.90. The highest BCUT2D eigenvalue weighted by atomic mass is 31.2. The summed E-state index contributed by atoms with van der Waals surface area (Å²) < 4.78 is 28.2. The molecule has 0 spiro atoms. The third-order valence-electron chi connectivity index (χ3n) is 3.37. The summed E-state index contributed by atoms with van der Waals surface area (Å²) >= 11 is 0. The fraction of sp³-hybridized carbons (Fsp3) is 0.235. The van der Waals surface area contributed by atoms with E-state index < -0.39 is 19.4 Å². The van der Waals surface area contributed by atoms with E-state index in [1.807, 2.05) is 30.3 Å². The number of rotatable bonds is 7. The minimum atomic E-state index is -3.57. The Labute approximate surface area is 135 Å². The van der Waals surface area contributed by atoms with Crippen molar-refractivity contribution >= 4 is 13.6 Å². The van der Waals surface area contributed by atoms with Crippen LogP contribution in [0.3, 0.4) is 0 Å². The van der Waals surface area contributed by atoms with E-state index in [4.69, 9.17) is 13.8 Å². The summed E-state index contributed by atoms with van der Waals surface area (Å²) in [6.07, 6.45) is 0.234. The Morgan fingerprint density at radius 3 is 2.00 bits per heavy atom. The van der Waals surface area contributed by atoms with Gasteiger partial charge in [0.15, 0.2) is 0 Å².